The van der Waals surface area contributed by atoms with Gasteiger partial charge in [-0.15, -0.1) is 0 Å². The molecule has 6 nitrogen and oxygen atoms in total. The molecule has 2 atom stereocenters. The fraction of sp³-hybridized carbons (Fsp3) is 0.500. The molecule has 22 heavy (non-hydrogen) atoms. The van der Waals surface area contributed by atoms with Gasteiger partial charge in [0, 0.05) is 0 Å². The van der Waals surface area contributed by atoms with E-state index in [4.69, 9.17) is 9.84 Å². The Labute approximate surface area is 128 Å². The molecule has 1 fully saturated rings. The maximum absolute atomic E-state index is 13.8. The van der Waals surface area contributed by atoms with E-state index in [0.29, 0.717) is 12.8 Å². The number of carboxylic acids is 1. The van der Waals surface area contributed by atoms with Gasteiger partial charge in [0.2, 0.25) is 10.0 Å². The molecule has 0 unspecified atom stereocenters. The first-order valence-corrected chi connectivity index (χ1v) is 8.41. The Bertz CT molecular complexity index is 661. The minimum absolute atomic E-state index is 0.0846. The van der Waals surface area contributed by atoms with Gasteiger partial charge in [0.1, 0.15) is 16.8 Å². The largest absolute Gasteiger partial charge is 0.495 e. The Morgan fingerprint density at radius 2 is 2.05 bits per heavy atom. The van der Waals surface area contributed by atoms with Crippen LogP contribution in [0.3, 0.4) is 0 Å². The molecule has 0 spiro atoms. The summed E-state index contributed by atoms with van der Waals surface area (Å²) in [5, 5.41) is 8.92. The van der Waals surface area contributed by atoms with E-state index >= 15 is 0 Å². The minimum atomic E-state index is -3.99. The smallest absolute Gasteiger partial charge is 0.335 e. The number of carbonyl (C=O) groups is 1. The third-order valence-corrected chi connectivity index (χ3v) is 5.22. The number of sulfonamides is 1. The van der Waals surface area contributed by atoms with Gasteiger partial charge in [0.15, 0.2) is 0 Å². The van der Waals surface area contributed by atoms with Gasteiger partial charge in [-0.3, -0.25) is 0 Å². The van der Waals surface area contributed by atoms with E-state index in [0.717, 1.165) is 25.0 Å². The normalized spacial score (nSPS) is 22.3. The summed E-state index contributed by atoms with van der Waals surface area (Å²) in [6.45, 7) is 0. The van der Waals surface area contributed by atoms with Crippen LogP contribution in [0.2, 0.25) is 0 Å². The van der Waals surface area contributed by atoms with Crippen LogP contribution in [-0.4, -0.2) is 38.8 Å². The van der Waals surface area contributed by atoms with Crippen LogP contribution >= 0.6 is 0 Å². The van der Waals surface area contributed by atoms with E-state index < -0.39 is 28.2 Å². The highest BCUT2D eigenvalue weighted by atomic mass is 32.2. The maximum Gasteiger partial charge on any atom is 0.335 e. The number of benzene rings is 1. The van der Waals surface area contributed by atoms with Crippen molar-refractivity contribution in [1.82, 2.24) is 4.72 Å². The van der Waals surface area contributed by atoms with Gasteiger partial charge >= 0.3 is 5.97 Å². The zero-order valence-corrected chi connectivity index (χ0v) is 12.9. The third kappa shape index (κ3) is 3.56. The van der Waals surface area contributed by atoms with Gasteiger partial charge in [-0.1, -0.05) is 12.8 Å². The lowest BCUT2D eigenvalue weighted by molar-refractivity contribution is 0.0696. The van der Waals surface area contributed by atoms with E-state index in [1.807, 2.05) is 0 Å². The van der Waals surface area contributed by atoms with E-state index in [-0.39, 0.29) is 16.2 Å². The standard InChI is InChI=1S/C14H18FNO5S/c1-21-12-8-9(14(17)18)6-7-13(12)22(19,20)16-11-5-3-2-4-10(11)15/h6-8,10-11,16H,2-5H2,1H3,(H,17,18)/t10-,11-/m1/s1. The molecule has 0 aliphatic heterocycles. The number of hydrogen-bond acceptors (Lipinski definition) is 4. The number of carboxylic acid groups (broad SMARTS) is 1. The van der Waals surface area contributed by atoms with Crippen molar-refractivity contribution in [3.8, 4) is 5.75 Å². The van der Waals surface area contributed by atoms with Crippen molar-refractivity contribution in [2.75, 3.05) is 7.11 Å². The van der Waals surface area contributed by atoms with Crippen molar-refractivity contribution in [3.05, 3.63) is 23.8 Å². The fourth-order valence-corrected chi connectivity index (χ4v) is 3.95. The molecule has 1 aliphatic carbocycles. The number of methoxy groups -OCH3 is 1. The van der Waals surface area contributed by atoms with Crippen molar-refractivity contribution in [2.24, 2.45) is 0 Å². The maximum atomic E-state index is 13.8. The van der Waals surface area contributed by atoms with Gasteiger partial charge in [-0.05, 0) is 31.0 Å². The fourth-order valence-electron chi connectivity index (χ4n) is 2.50. The monoisotopic (exact) mass is 331 g/mol. The van der Waals surface area contributed by atoms with Crippen LogP contribution < -0.4 is 9.46 Å². The summed E-state index contributed by atoms with van der Waals surface area (Å²) in [5.41, 5.74) is -0.0863. The lowest BCUT2D eigenvalue weighted by atomic mass is 9.95. The number of hydrogen-bond donors (Lipinski definition) is 2. The Balaban J connectivity index is 2.30. The molecule has 122 valence electrons. The molecule has 0 radical (unpaired) electrons. The SMILES string of the molecule is COc1cc(C(=O)O)ccc1S(=O)(=O)N[C@@H]1CCCC[C@H]1F. The van der Waals surface area contributed by atoms with E-state index in [9.17, 15) is 17.6 Å². The first kappa shape index (κ1) is 16.7. The average Bonchev–Trinajstić information content (AvgIpc) is 2.48. The Kier molecular flexibility index (Phi) is 5.02. The number of alkyl halides is 1. The Morgan fingerprint density at radius 1 is 1.36 bits per heavy atom. The van der Waals surface area contributed by atoms with E-state index in [2.05, 4.69) is 4.72 Å². The summed E-state index contributed by atoms with van der Waals surface area (Å²) in [7, 11) is -2.74. The van der Waals surface area contributed by atoms with Crippen LogP contribution in [0.4, 0.5) is 4.39 Å². The van der Waals surface area contributed by atoms with Crippen LogP contribution in [0.5, 0.6) is 5.75 Å². The Morgan fingerprint density at radius 3 is 2.64 bits per heavy atom. The lowest BCUT2D eigenvalue weighted by Crippen LogP contribution is -2.43. The summed E-state index contributed by atoms with van der Waals surface area (Å²) >= 11 is 0. The average molecular weight is 331 g/mol. The van der Waals surface area contributed by atoms with E-state index in [1.165, 1.54) is 13.2 Å². The summed E-state index contributed by atoms with van der Waals surface area (Å²) < 4.78 is 45.9. The van der Waals surface area contributed by atoms with Gasteiger partial charge < -0.3 is 9.84 Å². The van der Waals surface area contributed by atoms with Gasteiger partial charge in [0.25, 0.3) is 0 Å². The number of rotatable bonds is 5. The molecular weight excluding hydrogens is 313 g/mol. The van der Waals surface area contributed by atoms with Gasteiger partial charge in [-0.25, -0.2) is 22.3 Å². The number of halogens is 1. The van der Waals surface area contributed by atoms with Crippen molar-refractivity contribution < 1.29 is 27.4 Å². The number of nitrogens with one attached hydrogen (secondary N) is 1. The molecule has 2 rings (SSSR count). The minimum Gasteiger partial charge on any atom is -0.495 e. The molecule has 1 saturated carbocycles. The van der Waals surface area contributed by atoms with Crippen LogP contribution in [0.1, 0.15) is 36.0 Å². The van der Waals surface area contributed by atoms with Crippen molar-refractivity contribution in [2.45, 2.75) is 42.8 Å². The highest BCUT2D eigenvalue weighted by Gasteiger charge is 2.31. The number of ether oxygens (including phenoxy) is 1. The zero-order chi connectivity index (χ0) is 16.3. The third-order valence-electron chi connectivity index (χ3n) is 3.69. The summed E-state index contributed by atoms with van der Waals surface area (Å²) in [5.74, 6) is -1.27. The highest BCUT2D eigenvalue weighted by Crippen LogP contribution is 2.28. The molecule has 2 N–H and O–H groups in total. The van der Waals surface area contributed by atoms with Crippen molar-refractivity contribution in [3.63, 3.8) is 0 Å². The van der Waals surface area contributed by atoms with Gasteiger partial charge in [-0.2, -0.15) is 0 Å². The summed E-state index contributed by atoms with van der Waals surface area (Å²) in [6.07, 6.45) is 1.07. The molecule has 0 aromatic heterocycles. The second kappa shape index (κ2) is 6.62. The molecule has 1 aliphatic rings. The molecule has 0 amide bonds. The second-order valence-electron chi connectivity index (χ2n) is 5.20. The first-order chi connectivity index (χ1) is 10.3. The molecular formula is C14H18FNO5S. The molecule has 1 aromatic rings. The molecule has 8 heteroatoms. The quantitative estimate of drug-likeness (QED) is 0.860. The number of aromatic carboxylic acids is 1. The van der Waals surface area contributed by atoms with Crippen LogP contribution in [0.15, 0.2) is 23.1 Å². The molecule has 0 saturated heterocycles. The molecule has 1 aromatic carbocycles. The molecule has 0 heterocycles. The summed E-state index contributed by atoms with van der Waals surface area (Å²) in [4.78, 5) is 10.7. The molecule has 0 bridgehead atoms. The highest BCUT2D eigenvalue weighted by molar-refractivity contribution is 7.89. The van der Waals surface area contributed by atoms with Crippen LogP contribution in [0, 0.1) is 0 Å². The predicted molar refractivity (Wildman–Crippen MR) is 77.4 cm³/mol. The lowest BCUT2D eigenvalue weighted by Gasteiger charge is -2.26. The van der Waals surface area contributed by atoms with E-state index in [1.54, 1.807) is 0 Å². The van der Waals surface area contributed by atoms with Gasteiger partial charge in [0.05, 0.1) is 18.7 Å². The van der Waals surface area contributed by atoms with Crippen LogP contribution in [-0.2, 0) is 10.0 Å². The predicted octanol–water partition coefficient (Wildman–Crippen LogP) is 1.95. The van der Waals surface area contributed by atoms with Crippen LogP contribution in [0.25, 0.3) is 0 Å². The topological polar surface area (TPSA) is 92.7 Å². The zero-order valence-electron chi connectivity index (χ0n) is 12.1. The van der Waals surface area contributed by atoms with Crippen molar-refractivity contribution in [1.29, 1.82) is 0 Å². The summed E-state index contributed by atoms with van der Waals surface area (Å²) in [6, 6.07) is 2.70. The first-order valence-electron chi connectivity index (χ1n) is 6.93. The second-order valence-corrected chi connectivity index (χ2v) is 6.88. The van der Waals surface area contributed by atoms with Crippen molar-refractivity contribution >= 4 is 16.0 Å². The Hall–Kier alpha value is -1.67.